The summed E-state index contributed by atoms with van der Waals surface area (Å²) in [5.41, 5.74) is 1.03. The van der Waals surface area contributed by atoms with Crippen LogP contribution in [0.5, 0.6) is 0 Å². The Morgan fingerprint density at radius 3 is 2.62 bits per heavy atom. The minimum absolute atomic E-state index is 0.0778. The molecule has 0 spiro atoms. The number of fused-ring (bicyclic) bond motifs is 1. The highest BCUT2D eigenvalue weighted by Crippen LogP contribution is 2.36. The Morgan fingerprint density at radius 1 is 1.06 bits per heavy atom. The number of sulfonamides is 1. The average Bonchev–Trinajstić information content (AvgIpc) is 3.16. The first-order valence-electron chi connectivity index (χ1n) is 10.3. The number of carbonyl (C=O) groups is 2. The summed E-state index contributed by atoms with van der Waals surface area (Å²) in [6.45, 7) is 1.03. The first-order valence-corrected chi connectivity index (χ1v) is 11.8. The van der Waals surface area contributed by atoms with Crippen LogP contribution in [0.25, 0.3) is 0 Å². The van der Waals surface area contributed by atoms with Crippen LogP contribution < -0.4 is 9.62 Å². The minimum Gasteiger partial charge on any atom is -0.452 e. The van der Waals surface area contributed by atoms with Crippen molar-refractivity contribution in [2.45, 2.75) is 24.3 Å². The van der Waals surface area contributed by atoms with Crippen molar-refractivity contribution < 1.29 is 31.5 Å². The van der Waals surface area contributed by atoms with E-state index in [0.29, 0.717) is 12.1 Å². The van der Waals surface area contributed by atoms with Crippen molar-refractivity contribution in [3.63, 3.8) is 0 Å². The lowest BCUT2D eigenvalue weighted by molar-refractivity contribution is -0.119. The zero-order valence-corrected chi connectivity index (χ0v) is 18.8. The van der Waals surface area contributed by atoms with E-state index in [0.717, 1.165) is 23.8 Å². The zero-order valence-electron chi connectivity index (χ0n) is 18.0. The molecule has 34 heavy (non-hydrogen) atoms. The number of nitrogens with zero attached hydrogens (tertiary/aromatic N) is 1. The molecule has 4 rings (SSSR count). The van der Waals surface area contributed by atoms with E-state index in [4.69, 9.17) is 4.74 Å². The van der Waals surface area contributed by atoms with E-state index in [-0.39, 0.29) is 16.5 Å². The van der Waals surface area contributed by atoms with Crippen molar-refractivity contribution in [2.24, 2.45) is 0 Å². The Morgan fingerprint density at radius 2 is 1.82 bits per heavy atom. The highest BCUT2D eigenvalue weighted by atomic mass is 32.2. The summed E-state index contributed by atoms with van der Waals surface area (Å²) in [7, 11) is -3.97. The highest BCUT2D eigenvalue weighted by molar-refractivity contribution is 7.92. The third-order valence-electron chi connectivity index (χ3n) is 5.31. The SMILES string of the molecule is C[C@H]1Cc2ccccc2N1S(=O)(=O)c1cccc(C(=O)OCC(=O)Nc2cc(F)ccc2F)c1. The molecule has 3 aromatic rings. The molecule has 1 N–H and O–H groups in total. The van der Waals surface area contributed by atoms with Crippen LogP contribution >= 0.6 is 0 Å². The third-order valence-corrected chi connectivity index (χ3v) is 7.23. The van der Waals surface area contributed by atoms with Gasteiger partial charge in [-0.2, -0.15) is 0 Å². The Balaban J connectivity index is 1.47. The Bertz CT molecular complexity index is 1380. The number of para-hydroxylation sites is 1. The normalized spacial score (nSPS) is 15.0. The van der Waals surface area contributed by atoms with Crippen LogP contribution in [0, 0.1) is 11.6 Å². The van der Waals surface area contributed by atoms with E-state index in [9.17, 15) is 26.8 Å². The van der Waals surface area contributed by atoms with Gasteiger partial charge < -0.3 is 10.1 Å². The molecule has 1 aliphatic rings. The van der Waals surface area contributed by atoms with Gasteiger partial charge in [0.05, 0.1) is 21.8 Å². The second-order valence-electron chi connectivity index (χ2n) is 7.76. The lowest BCUT2D eigenvalue weighted by Gasteiger charge is -2.24. The first-order chi connectivity index (χ1) is 16.2. The first kappa shape index (κ1) is 23.4. The number of ether oxygens (including phenoxy) is 1. The molecular formula is C24H20F2N2O5S. The number of carbonyl (C=O) groups excluding carboxylic acids is 2. The van der Waals surface area contributed by atoms with Crippen LogP contribution in [0.2, 0.25) is 0 Å². The van der Waals surface area contributed by atoms with Crippen LogP contribution in [0.1, 0.15) is 22.8 Å². The third kappa shape index (κ3) is 4.62. The number of rotatable bonds is 6. The molecule has 0 aromatic heterocycles. The predicted octanol–water partition coefficient (Wildman–Crippen LogP) is 3.90. The second-order valence-corrected chi connectivity index (χ2v) is 9.57. The van der Waals surface area contributed by atoms with Crippen LogP contribution in [0.4, 0.5) is 20.2 Å². The summed E-state index contributed by atoms with van der Waals surface area (Å²) in [5.74, 6) is -3.43. The van der Waals surface area contributed by atoms with Crippen LogP contribution in [-0.4, -0.2) is 32.9 Å². The fourth-order valence-electron chi connectivity index (χ4n) is 3.79. The number of amides is 1. The molecule has 0 unspecified atom stereocenters. The summed E-state index contributed by atoms with van der Waals surface area (Å²) >= 11 is 0. The van der Waals surface area contributed by atoms with Gasteiger partial charge in [0.2, 0.25) is 0 Å². The number of benzene rings is 3. The van der Waals surface area contributed by atoms with E-state index < -0.39 is 45.8 Å². The van der Waals surface area contributed by atoms with E-state index in [2.05, 4.69) is 5.32 Å². The van der Waals surface area contributed by atoms with Gasteiger partial charge in [-0.25, -0.2) is 22.0 Å². The zero-order chi connectivity index (χ0) is 24.5. The summed E-state index contributed by atoms with van der Waals surface area (Å²) < 4.78 is 59.8. The smallest absolute Gasteiger partial charge is 0.338 e. The lowest BCUT2D eigenvalue weighted by Crippen LogP contribution is -2.35. The molecule has 0 aliphatic carbocycles. The van der Waals surface area contributed by atoms with Gasteiger partial charge in [-0.1, -0.05) is 24.3 Å². The molecule has 0 fully saturated rings. The van der Waals surface area contributed by atoms with Gasteiger partial charge in [0, 0.05) is 12.1 Å². The fourth-order valence-corrected chi connectivity index (χ4v) is 5.53. The molecule has 10 heteroatoms. The minimum atomic E-state index is -3.97. The average molecular weight is 486 g/mol. The predicted molar refractivity (Wildman–Crippen MR) is 121 cm³/mol. The molecule has 0 saturated carbocycles. The Kier molecular flexibility index (Phi) is 6.34. The van der Waals surface area contributed by atoms with Crippen LogP contribution in [0.3, 0.4) is 0 Å². The number of halogens is 2. The quantitative estimate of drug-likeness (QED) is 0.534. The standard InChI is InChI=1S/C24H20F2N2O5S/c1-15-11-16-5-2-3-8-22(16)28(15)34(31,32)19-7-4-6-17(12-19)24(30)33-14-23(29)27-21-13-18(25)9-10-20(21)26/h2-10,12-13,15H,11,14H2,1H3,(H,27,29)/t15-/m0/s1. The van der Waals surface area contributed by atoms with Crippen molar-refractivity contribution in [3.8, 4) is 0 Å². The maximum absolute atomic E-state index is 13.6. The Hall–Kier alpha value is -3.79. The number of esters is 1. The molecule has 3 aromatic carbocycles. The number of hydrogen-bond donors (Lipinski definition) is 1. The van der Waals surface area contributed by atoms with E-state index in [1.165, 1.54) is 28.6 Å². The van der Waals surface area contributed by atoms with Gasteiger partial charge in [0.15, 0.2) is 6.61 Å². The van der Waals surface area contributed by atoms with Crippen LogP contribution in [-0.2, 0) is 26.0 Å². The molecule has 0 bridgehead atoms. The van der Waals surface area contributed by atoms with Crippen molar-refractivity contribution in [1.82, 2.24) is 0 Å². The van der Waals surface area contributed by atoms with Crippen molar-refractivity contribution in [2.75, 3.05) is 16.2 Å². The largest absolute Gasteiger partial charge is 0.452 e. The Labute approximate surface area is 195 Å². The molecule has 176 valence electrons. The van der Waals surface area contributed by atoms with Crippen molar-refractivity contribution in [3.05, 3.63) is 89.5 Å². The monoisotopic (exact) mass is 486 g/mol. The lowest BCUT2D eigenvalue weighted by atomic mass is 10.1. The number of hydrogen-bond acceptors (Lipinski definition) is 5. The highest BCUT2D eigenvalue weighted by Gasteiger charge is 2.36. The van der Waals surface area contributed by atoms with Gasteiger partial charge in [0.25, 0.3) is 15.9 Å². The molecule has 1 heterocycles. The molecule has 1 amide bonds. The molecule has 0 saturated heterocycles. The van der Waals surface area contributed by atoms with Gasteiger partial charge in [-0.05, 0) is 55.3 Å². The topological polar surface area (TPSA) is 92.8 Å². The van der Waals surface area contributed by atoms with Crippen LogP contribution in [0.15, 0.2) is 71.6 Å². The molecular weight excluding hydrogens is 466 g/mol. The van der Waals surface area contributed by atoms with Gasteiger partial charge in [0.1, 0.15) is 11.6 Å². The number of anilines is 2. The summed E-state index contributed by atoms with van der Waals surface area (Å²) in [4.78, 5) is 24.3. The number of nitrogens with one attached hydrogen (secondary N) is 1. The fraction of sp³-hybridized carbons (Fsp3) is 0.167. The summed E-state index contributed by atoms with van der Waals surface area (Å²) in [6.07, 6.45) is 0.568. The molecule has 1 aliphatic heterocycles. The molecule has 0 radical (unpaired) electrons. The van der Waals surface area contributed by atoms with Gasteiger partial charge in [-0.3, -0.25) is 9.10 Å². The van der Waals surface area contributed by atoms with Crippen molar-refractivity contribution in [1.29, 1.82) is 0 Å². The van der Waals surface area contributed by atoms with Crippen molar-refractivity contribution >= 4 is 33.3 Å². The van der Waals surface area contributed by atoms with Gasteiger partial charge >= 0.3 is 5.97 Å². The van der Waals surface area contributed by atoms with E-state index in [1.54, 1.807) is 19.1 Å². The maximum atomic E-state index is 13.6. The summed E-state index contributed by atoms with van der Waals surface area (Å²) in [5, 5.41) is 2.11. The summed E-state index contributed by atoms with van der Waals surface area (Å²) in [6, 6.07) is 14.7. The van der Waals surface area contributed by atoms with E-state index in [1.807, 2.05) is 12.1 Å². The van der Waals surface area contributed by atoms with Gasteiger partial charge in [-0.15, -0.1) is 0 Å². The maximum Gasteiger partial charge on any atom is 0.338 e. The molecule has 1 atom stereocenters. The second kappa shape index (κ2) is 9.22. The van der Waals surface area contributed by atoms with E-state index >= 15 is 0 Å². The molecule has 7 nitrogen and oxygen atoms in total.